The molecule has 3 rings (SSSR count). The highest BCUT2D eigenvalue weighted by Gasteiger charge is 2.28. The lowest BCUT2D eigenvalue weighted by molar-refractivity contribution is 0.706. The minimum Gasteiger partial charge on any atom is -0.354 e. The van der Waals surface area contributed by atoms with Gasteiger partial charge in [0.1, 0.15) is 5.82 Å². The van der Waals surface area contributed by atoms with Gasteiger partial charge in [-0.05, 0) is 38.8 Å². The lowest BCUT2D eigenvalue weighted by Crippen LogP contribution is -2.29. The number of aromatic nitrogens is 2. The number of hydrogen-bond donors (Lipinski definition) is 0. The zero-order valence-electron chi connectivity index (χ0n) is 12.0. The van der Waals surface area contributed by atoms with Gasteiger partial charge in [-0.3, -0.25) is 0 Å². The van der Waals surface area contributed by atoms with Crippen LogP contribution in [0.4, 0.5) is 5.82 Å². The number of aryl methyl sites for hydroxylation is 1. The lowest BCUT2D eigenvalue weighted by atomic mass is 10.2. The van der Waals surface area contributed by atoms with Gasteiger partial charge in [-0.15, -0.1) is 11.6 Å². The van der Waals surface area contributed by atoms with Crippen LogP contribution in [0.15, 0.2) is 30.3 Å². The Kier molecular flexibility index (Phi) is 3.70. The van der Waals surface area contributed by atoms with Gasteiger partial charge >= 0.3 is 0 Å². The molecule has 106 valence electrons. The molecule has 0 aliphatic carbocycles. The molecule has 0 N–H and O–H groups in total. The third-order valence-electron chi connectivity index (χ3n) is 4.12. The first-order chi connectivity index (χ1) is 9.72. The number of rotatable bonds is 3. The van der Waals surface area contributed by atoms with Crippen molar-refractivity contribution in [3.05, 3.63) is 41.6 Å². The Morgan fingerprint density at radius 1 is 1.30 bits per heavy atom. The minimum absolute atomic E-state index is 0.511. The van der Waals surface area contributed by atoms with Gasteiger partial charge in [-0.2, -0.15) is 5.10 Å². The second-order valence-electron chi connectivity index (χ2n) is 5.45. The summed E-state index contributed by atoms with van der Waals surface area (Å²) in [5.41, 5.74) is 3.28. The van der Waals surface area contributed by atoms with Crippen LogP contribution in [0.25, 0.3) is 5.69 Å². The zero-order valence-corrected chi connectivity index (χ0v) is 12.8. The number of nitrogens with zero attached hydrogens (tertiary/aromatic N) is 3. The van der Waals surface area contributed by atoms with Crippen LogP contribution in [-0.4, -0.2) is 22.4 Å². The van der Waals surface area contributed by atoms with Crippen molar-refractivity contribution < 1.29 is 0 Å². The van der Waals surface area contributed by atoms with E-state index in [9.17, 15) is 0 Å². The summed E-state index contributed by atoms with van der Waals surface area (Å²) in [7, 11) is 0. The summed E-state index contributed by atoms with van der Waals surface area (Å²) < 4.78 is 2.05. The summed E-state index contributed by atoms with van der Waals surface area (Å²) in [6.07, 6.45) is 2.47. The average molecular weight is 290 g/mol. The van der Waals surface area contributed by atoms with E-state index in [4.69, 9.17) is 16.7 Å². The molecule has 2 heterocycles. The molecule has 1 aromatic heterocycles. The molecule has 1 unspecified atom stereocenters. The molecular weight excluding hydrogens is 270 g/mol. The van der Waals surface area contributed by atoms with Crippen molar-refractivity contribution in [3.63, 3.8) is 0 Å². The van der Waals surface area contributed by atoms with Gasteiger partial charge in [0, 0.05) is 18.2 Å². The molecule has 0 amide bonds. The Morgan fingerprint density at radius 2 is 2.05 bits per heavy atom. The van der Waals surface area contributed by atoms with Crippen molar-refractivity contribution in [2.45, 2.75) is 38.6 Å². The molecule has 1 aromatic carbocycles. The standard InChI is InChI=1S/C16H20ClN3/c1-12-7-6-10-19(12)16-15(11-17)13(2)18-20(16)14-8-4-3-5-9-14/h3-5,8-9,12H,6-7,10-11H2,1-2H3. The van der Waals surface area contributed by atoms with E-state index in [1.54, 1.807) is 0 Å². The maximum absolute atomic E-state index is 6.18. The predicted molar refractivity (Wildman–Crippen MR) is 83.9 cm³/mol. The number of halogens is 1. The van der Waals surface area contributed by atoms with E-state index in [2.05, 4.69) is 28.6 Å². The molecule has 20 heavy (non-hydrogen) atoms. The van der Waals surface area contributed by atoms with E-state index in [0.29, 0.717) is 11.9 Å². The first-order valence-electron chi connectivity index (χ1n) is 7.19. The van der Waals surface area contributed by atoms with Gasteiger partial charge in [0.15, 0.2) is 0 Å². The van der Waals surface area contributed by atoms with Crippen LogP contribution in [0, 0.1) is 6.92 Å². The minimum atomic E-state index is 0.511. The lowest BCUT2D eigenvalue weighted by Gasteiger charge is -2.25. The van der Waals surface area contributed by atoms with Gasteiger partial charge < -0.3 is 4.90 Å². The molecular formula is C16H20ClN3. The first kappa shape index (κ1) is 13.5. The molecule has 1 fully saturated rings. The summed E-state index contributed by atoms with van der Waals surface area (Å²) >= 11 is 6.18. The molecule has 3 nitrogen and oxygen atoms in total. The summed E-state index contributed by atoms with van der Waals surface area (Å²) in [4.78, 5) is 2.45. The van der Waals surface area contributed by atoms with Gasteiger partial charge in [-0.1, -0.05) is 18.2 Å². The second-order valence-corrected chi connectivity index (χ2v) is 5.72. The molecule has 2 aromatic rings. The highest BCUT2D eigenvalue weighted by Crippen LogP contribution is 2.33. The van der Waals surface area contributed by atoms with Crippen molar-refractivity contribution in [2.24, 2.45) is 0 Å². The van der Waals surface area contributed by atoms with Crippen LogP contribution in [0.1, 0.15) is 31.0 Å². The van der Waals surface area contributed by atoms with E-state index >= 15 is 0 Å². The Labute approximate surface area is 125 Å². The Hall–Kier alpha value is -1.48. The Balaban J connectivity index is 2.15. The van der Waals surface area contributed by atoms with Crippen molar-refractivity contribution in [2.75, 3.05) is 11.4 Å². The van der Waals surface area contributed by atoms with Crippen molar-refractivity contribution in [3.8, 4) is 5.69 Å². The van der Waals surface area contributed by atoms with Gasteiger partial charge in [-0.25, -0.2) is 4.68 Å². The number of anilines is 1. The molecule has 4 heteroatoms. The summed E-state index contributed by atoms with van der Waals surface area (Å²) in [6, 6.07) is 10.9. The normalized spacial score (nSPS) is 18.8. The monoisotopic (exact) mass is 289 g/mol. The smallest absolute Gasteiger partial charge is 0.137 e. The maximum Gasteiger partial charge on any atom is 0.137 e. The van der Waals surface area contributed by atoms with Crippen LogP contribution >= 0.6 is 11.6 Å². The number of benzene rings is 1. The molecule has 0 bridgehead atoms. The molecule has 0 spiro atoms. The fourth-order valence-corrected chi connectivity index (χ4v) is 3.31. The average Bonchev–Trinajstić information content (AvgIpc) is 3.02. The first-order valence-corrected chi connectivity index (χ1v) is 7.72. The predicted octanol–water partition coefficient (Wildman–Crippen LogP) is 3.91. The highest BCUT2D eigenvalue weighted by atomic mass is 35.5. The van der Waals surface area contributed by atoms with Crippen molar-refractivity contribution in [1.29, 1.82) is 0 Å². The van der Waals surface area contributed by atoms with Gasteiger partial charge in [0.2, 0.25) is 0 Å². The van der Waals surface area contributed by atoms with E-state index in [1.165, 1.54) is 18.7 Å². The summed E-state index contributed by atoms with van der Waals surface area (Å²) in [5, 5.41) is 4.72. The molecule has 0 radical (unpaired) electrons. The van der Waals surface area contributed by atoms with E-state index < -0.39 is 0 Å². The van der Waals surface area contributed by atoms with Gasteiger partial charge in [0.25, 0.3) is 0 Å². The SMILES string of the molecule is Cc1nn(-c2ccccc2)c(N2CCCC2C)c1CCl. The maximum atomic E-state index is 6.18. The molecule has 1 aliphatic rings. The number of alkyl halides is 1. The number of hydrogen-bond acceptors (Lipinski definition) is 2. The molecule has 1 saturated heterocycles. The van der Waals surface area contributed by atoms with Gasteiger partial charge in [0.05, 0.1) is 17.3 Å². The van der Waals surface area contributed by atoms with Crippen LogP contribution in [-0.2, 0) is 5.88 Å². The van der Waals surface area contributed by atoms with Crippen LogP contribution in [0.5, 0.6) is 0 Å². The van der Waals surface area contributed by atoms with Crippen molar-refractivity contribution >= 4 is 17.4 Å². The van der Waals surface area contributed by atoms with E-state index in [0.717, 1.165) is 23.5 Å². The molecule has 1 atom stereocenters. The topological polar surface area (TPSA) is 21.1 Å². The largest absolute Gasteiger partial charge is 0.354 e. The van der Waals surface area contributed by atoms with Crippen molar-refractivity contribution in [1.82, 2.24) is 9.78 Å². The van der Waals surface area contributed by atoms with E-state index in [1.807, 2.05) is 25.1 Å². The fraction of sp³-hybridized carbons (Fsp3) is 0.438. The number of para-hydroxylation sites is 1. The fourth-order valence-electron chi connectivity index (χ4n) is 3.00. The Bertz CT molecular complexity index is 591. The third-order valence-corrected chi connectivity index (χ3v) is 4.38. The third kappa shape index (κ3) is 2.20. The second kappa shape index (κ2) is 5.49. The van der Waals surface area contributed by atoms with Crippen LogP contribution in [0.3, 0.4) is 0 Å². The molecule has 0 saturated carbocycles. The van der Waals surface area contributed by atoms with E-state index in [-0.39, 0.29) is 0 Å². The quantitative estimate of drug-likeness (QED) is 0.799. The Morgan fingerprint density at radius 3 is 2.65 bits per heavy atom. The van der Waals surface area contributed by atoms with Crippen LogP contribution < -0.4 is 4.90 Å². The molecule has 1 aliphatic heterocycles. The highest BCUT2D eigenvalue weighted by molar-refractivity contribution is 6.17. The van der Waals surface area contributed by atoms with Crippen LogP contribution in [0.2, 0.25) is 0 Å². The summed E-state index contributed by atoms with van der Waals surface area (Å²) in [6.45, 7) is 5.41. The summed E-state index contributed by atoms with van der Waals surface area (Å²) in [5.74, 6) is 1.69. The zero-order chi connectivity index (χ0) is 14.1.